The van der Waals surface area contributed by atoms with Gasteiger partial charge in [0, 0.05) is 10.6 Å². The number of aliphatic hydroxyl groups excluding tert-OH is 1. The van der Waals surface area contributed by atoms with Crippen LogP contribution in [0.15, 0.2) is 18.2 Å². The molecule has 0 fully saturated rings. The topological polar surface area (TPSA) is 66.5 Å². The molecule has 4 N–H and O–H groups in total. The van der Waals surface area contributed by atoms with Crippen molar-refractivity contribution in [2.45, 2.75) is 19.1 Å². The van der Waals surface area contributed by atoms with Gasteiger partial charge in [-0.15, -0.1) is 0 Å². The number of hydrogen-bond donors (Lipinski definition) is 3. The molecule has 0 saturated heterocycles. The highest BCUT2D eigenvalue weighted by atomic mass is 35.5. The molecule has 3 nitrogen and oxygen atoms in total. The highest BCUT2D eigenvalue weighted by molar-refractivity contribution is 6.30. The van der Waals surface area contributed by atoms with Crippen LogP contribution in [0.25, 0.3) is 0 Å². The van der Waals surface area contributed by atoms with Crippen LogP contribution in [0.4, 0.5) is 0 Å². The van der Waals surface area contributed by atoms with Crippen LogP contribution in [0.1, 0.15) is 18.5 Å². The molecule has 1 rings (SSSR count). The minimum absolute atomic E-state index is 0.0535. The maximum absolute atomic E-state index is 9.40. The monoisotopic (exact) mass is 201 g/mol. The van der Waals surface area contributed by atoms with Crippen LogP contribution in [-0.4, -0.2) is 16.3 Å². The van der Waals surface area contributed by atoms with E-state index < -0.39 is 12.1 Å². The van der Waals surface area contributed by atoms with E-state index in [2.05, 4.69) is 0 Å². The van der Waals surface area contributed by atoms with E-state index in [1.165, 1.54) is 6.07 Å². The second-order valence-corrected chi connectivity index (χ2v) is 3.41. The van der Waals surface area contributed by atoms with Crippen molar-refractivity contribution in [2.24, 2.45) is 5.73 Å². The summed E-state index contributed by atoms with van der Waals surface area (Å²) in [5.74, 6) is 0.0535. The minimum atomic E-state index is -0.718. The molecule has 0 aliphatic rings. The Labute approximate surface area is 81.8 Å². The molecule has 0 aliphatic heterocycles. The Morgan fingerprint density at radius 3 is 2.62 bits per heavy atom. The summed E-state index contributed by atoms with van der Waals surface area (Å²) in [6.45, 7) is 1.56. The number of rotatable bonds is 2. The fourth-order valence-electron chi connectivity index (χ4n) is 1.05. The quantitative estimate of drug-likeness (QED) is 0.678. The zero-order chi connectivity index (χ0) is 10.0. The summed E-state index contributed by atoms with van der Waals surface area (Å²) in [7, 11) is 0. The van der Waals surface area contributed by atoms with Crippen molar-refractivity contribution in [3.63, 3.8) is 0 Å². The van der Waals surface area contributed by atoms with Crippen molar-refractivity contribution < 1.29 is 10.2 Å². The van der Waals surface area contributed by atoms with Gasteiger partial charge >= 0.3 is 0 Å². The summed E-state index contributed by atoms with van der Waals surface area (Å²) >= 11 is 5.72. The van der Waals surface area contributed by atoms with E-state index in [9.17, 15) is 10.2 Å². The van der Waals surface area contributed by atoms with Gasteiger partial charge in [-0.3, -0.25) is 0 Å². The number of hydrogen-bond acceptors (Lipinski definition) is 3. The number of phenolic OH excluding ortho intramolecular Hbond substituents is 1. The van der Waals surface area contributed by atoms with Crippen molar-refractivity contribution in [3.05, 3.63) is 28.8 Å². The standard InChI is InChI=1S/C9H12ClNO2/c1-5(12)9(11)7-4-6(10)2-3-8(7)13/h2-5,9,12-13H,11H2,1H3. The van der Waals surface area contributed by atoms with Crippen LogP contribution in [-0.2, 0) is 0 Å². The third-order valence-corrected chi connectivity index (χ3v) is 2.10. The Morgan fingerprint density at radius 1 is 1.46 bits per heavy atom. The van der Waals surface area contributed by atoms with Gasteiger partial charge in [0.15, 0.2) is 0 Å². The fourth-order valence-corrected chi connectivity index (χ4v) is 1.23. The lowest BCUT2D eigenvalue weighted by molar-refractivity contribution is 0.163. The zero-order valence-electron chi connectivity index (χ0n) is 7.24. The molecule has 0 aromatic heterocycles. The van der Waals surface area contributed by atoms with Crippen molar-refractivity contribution in [1.29, 1.82) is 0 Å². The molecular weight excluding hydrogens is 190 g/mol. The maximum Gasteiger partial charge on any atom is 0.120 e. The van der Waals surface area contributed by atoms with E-state index in [-0.39, 0.29) is 5.75 Å². The van der Waals surface area contributed by atoms with Crippen LogP contribution in [0.5, 0.6) is 5.75 Å². The van der Waals surface area contributed by atoms with Gasteiger partial charge in [0.05, 0.1) is 12.1 Å². The number of phenols is 1. The van der Waals surface area contributed by atoms with Gasteiger partial charge < -0.3 is 15.9 Å². The van der Waals surface area contributed by atoms with Crippen LogP contribution in [0, 0.1) is 0 Å². The summed E-state index contributed by atoms with van der Waals surface area (Å²) in [6.07, 6.45) is -0.718. The Bertz CT molecular complexity index is 302. The highest BCUT2D eigenvalue weighted by Gasteiger charge is 2.15. The molecule has 4 heteroatoms. The van der Waals surface area contributed by atoms with Crippen LogP contribution in [0.2, 0.25) is 5.02 Å². The molecule has 0 radical (unpaired) electrons. The molecule has 0 aliphatic carbocycles. The van der Waals surface area contributed by atoms with Crippen molar-refractivity contribution in [3.8, 4) is 5.75 Å². The SMILES string of the molecule is CC(O)C(N)c1cc(Cl)ccc1O. The third kappa shape index (κ3) is 2.34. The first-order valence-electron chi connectivity index (χ1n) is 3.94. The average molecular weight is 202 g/mol. The number of halogens is 1. The van der Waals surface area contributed by atoms with Gasteiger partial charge in [0.2, 0.25) is 0 Å². The number of aliphatic hydroxyl groups is 1. The lowest BCUT2D eigenvalue weighted by Crippen LogP contribution is -2.23. The van der Waals surface area contributed by atoms with Gasteiger partial charge in [-0.1, -0.05) is 11.6 Å². The minimum Gasteiger partial charge on any atom is -0.508 e. The predicted octanol–water partition coefficient (Wildman–Crippen LogP) is 1.43. The molecule has 2 atom stereocenters. The third-order valence-electron chi connectivity index (χ3n) is 1.87. The van der Waals surface area contributed by atoms with Crippen molar-refractivity contribution in [1.82, 2.24) is 0 Å². The van der Waals surface area contributed by atoms with Gasteiger partial charge in [-0.05, 0) is 25.1 Å². The first kappa shape index (κ1) is 10.3. The lowest BCUT2D eigenvalue weighted by atomic mass is 10.0. The molecule has 1 aromatic rings. The highest BCUT2D eigenvalue weighted by Crippen LogP contribution is 2.27. The van der Waals surface area contributed by atoms with Gasteiger partial charge in [0.1, 0.15) is 5.75 Å². The van der Waals surface area contributed by atoms with Gasteiger partial charge in [-0.2, -0.15) is 0 Å². The number of nitrogens with two attached hydrogens (primary N) is 1. The van der Waals surface area contributed by atoms with E-state index in [0.29, 0.717) is 10.6 Å². The summed E-state index contributed by atoms with van der Waals surface area (Å²) in [4.78, 5) is 0. The fraction of sp³-hybridized carbons (Fsp3) is 0.333. The Kier molecular flexibility index (Phi) is 3.14. The Balaban J connectivity index is 3.05. The summed E-state index contributed by atoms with van der Waals surface area (Å²) < 4.78 is 0. The normalized spacial score (nSPS) is 15.4. The second-order valence-electron chi connectivity index (χ2n) is 2.97. The van der Waals surface area contributed by atoms with E-state index in [1.54, 1.807) is 19.1 Å². The lowest BCUT2D eigenvalue weighted by Gasteiger charge is -2.16. The zero-order valence-corrected chi connectivity index (χ0v) is 7.99. The molecule has 13 heavy (non-hydrogen) atoms. The summed E-state index contributed by atoms with van der Waals surface area (Å²) in [5, 5.41) is 19.1. The van der Waals surface area contributed by atoms with Gasteiger partial charge in [0.25, 0.3) is 0 Å². The number of benzene rings is 1. The first-order valence-corrected chi connectivity index (χ1v) is 4.32. The molecule has 0 spiro atoms. The van der Waals surface area contributed by atoms with E-state index in [4.69, 9.17) is 17.3 Å². The molecule has 0 saturated carbocycles. The van der Waals surface area contributed by atoms with Crippen LogP contribution < -0.4 is 5.73 Å². The Morgan fingerprint density at radius 2 is 2.08 bits per heavy atom. The largest absolute Gasteiger partial charge is 0.508 e. The van der Waals surface area contributed by atoms with Crippen LogP contribution in [0.3, 0.4) is 0 Å². The van der Waals surface area contributed by atoms with Crippen molar-refractivity contribution in [2.75, 3.05) is 0 Å². The van der Waals surface area contributed by atoms with Crippen LogP contribution >= 0.6 is 11.6 Å². The van der Waals surface area contributed by atoms with Crippen molar-refractivity contribution >= 4 is 11.6 Å². The molecule has 0 heterocycles. The van der Waals surface area contributed by atoms with E-state index in [1.807, 2.05) is 0 Å². The summed E-state index contributed by atoms with van der Waals surface area (Å²) in [6, 6.07) is 3.96. The average Bonchev–Trinajstić information content (AvgIpc) is 2.08. The maximum atomic E-state index is 9.40. The van der Waals surface area contributed by atoms with Gasteiger partial charge in [-0.25, -0.2) is 0 Å². The van der Waals surface area contributed by atoms with E-state index >= 15 is 0 Å². The molecule has 1 aromatic carbocycles. The molecule has 2 unspecified atom stereocenters. The molecule has 0 bridgehead atoms. The predicted molar refractivity (Wildman–Crippen MR) is 51.7 cm³/mol. The number of aromatic hydroxyl groups is 1. The van der Waals surface area contributed by atoms with E-state index in [0.717, 1.165) is 0 Å². The molecule has 0 amide bonds. The molecular formula is C9H12ClNO2. The molecule has 72 valence electrons. The Hall–Kier alpha value is -0.770. The first-order chi connectivity index (χ1) is 6.02. The smallest absolute Gasteiger partial charge is 0.120 e. The summed E-state index contributed by atoms with van der Waals surface area (Å²) in [5.41, 5.74) is 6.10. The second kappa shape index (κ2) is 3.96.